The maximum atomic E-state index is 12.2. The SMILES string of the molecule is O=C(c1ccn(CCc2ccccn2)c1)C(F)(F)F. The van der Waals surface area contributed by atoms with Crippen LogP contribution in [0.5, 0.6) is 0 Å². The highest BCUT2D eigenvalue weighted by Gasteiger charge is 2.39. The Labute approximate surface area is 107 Å². The highest BCUT2D eigenvalue weighted by molar-refractivity contribution is 6.00. The van der Waals surface area contributed by atoms with Crippen molar-refractivity contribution < 1.29 is 18.0 Å². The number of halogens is 3. The number of carbonyl (C=O) groups excluding carboxylic acids is 1. The third-order valence-corrected chi connectivity index (χ3v) is 2.62. The van der Waals surface area contributed by atoms with Crippen LogP contribution in [-0.2, 0) is 13.0 Å². The first kappa shape index (κ1) is 13.3. The average molecular weight is 268 g/mol. The molecule has 0 atom stereocenters. The lowest BCUT2D eigenvalue weighted by atomic mass is 10.2. The Kier molecular flexibility index (Phi) is 3.69. The van der Waals surface area contributed by atoms with Crippen LogP contribution in [-0.4, -0.2) is 21.5 Å². The van der Waals surface area contributed by atoms with Gasteiger partial charge in [-0.25, -0.2) is 0 Å². The molecule has 0 N–H and O–H groups in total. The third-order valence-electron chi connectivity index (χ3n) is 2.62. The maximum Gasteiger partial charge on any atom is 0.454 e. The van der Waals surface area contributed by atoms with Crippen LogP contribution in [0.1, 0.15) is 16.1 Å². The molecule has 2 aromatic heterocycles. The van der Waals surface area contributed by atoms with Crippen LogP contribution >= 0.6 is 0 Å². The minimum Gasteiger partial charge on any atom is -0.353 e. The van der Waals surface area contributed by atoms with Crippen LogP contribution in [0, 0.1) is 0 Å². The lowest BCUT2D eigenvalue weighted by molar-refractivity contribution is -0.0885. The molecule has 3 nitrogen and oxygen atoms in total. The van der Waals surface area contributed by atoms with Crippen molar-refractivity contribution in [1.29, 1.82) is 0 Å². The number of ketones is 1. The summed E-state index contributed by atoms with van der Waals surface area (Å²) >= 11 is 0. The average Bonchev–Trinajstić information content (AvgIpc) is 2.84. The van der Waals surface area contributed by atoms with E-state index in [0.29, 0.717) is 13.0 Å². The standard InChI is InChI=1S/C13H11F3N2O/c14-13(15,16)12(19)10-4-7-18(9-10)8-5-11-3-1-2-6-17-11/h1-4,6-7,9H,5,8H2. The van der Waals surface area contributed by atoms with Crippen LogP contribution in [0.15, 0.2) is 42.9 Å². The maximum absolute atomic E-state index is 12.2. The Morgan fingerprint density at radius 1 is 1.26 bits per heavy atom. The van der Waals surface area contributed by atoms with Gasteiger partial charge in [0.2, 0.25) is 0 Å². The number of Topliss-reactive ketones (excluding diaryl/α,β-unsaturated/α-hetero) is 1. The quantitative estimate of drug-likeness (QED) is 0.799. The zero-order valence-corrected chi connectivity index (χ0v) is 9.89. The molecule has 0 amide bonds. The summed E-state index contributed by atoms with van der Waals surface area (Å²) in [5.41, 5.74) is 0.508. The molecule has 0 saturated heterocycles. The van der Waals surface area contributed by atoms with Crippen LogP contribution in [0.25, 0.3) is 0 Å². The van der Waals surface area contributed by atoms with Crippen molar-refractivity contribution in [2.75, 3.05) is 0 Å². The van der Waals surface area contributed by atoms with Gasteiger partial charge in [-0.2, -0.15) is 13.2 Å². The molecular weight excluding hydrogens is 257 g/mol. The summed E-state index contributed by atoms with van der Waals surface area (Å²) in [5, 5.41) is 0. The number of rotatable bonds is 4. The molecule has 2 heterocycles. The molecule has 0 aliphatic heterocycles. The fourth-order valence-corrected chi connectivity index (χ4v) is 1.67. The van der Waals surface area contributed by atoms with E-state index in [9.17, 15) is 18.0 Å². The van der Waals surface area contributed by atoms with E-state index in [4.69, 9.17) is 0 Å². The number of aryl methyl sites for hydroxylation is 2. The fourth-order valence-electron chi connectivity index (χ4n) is 1.67. The molecule has 0 radical (unpaired) electrons. The zero-order chi connectivity index (χ0) is 13.9. The van der Waals surface area contributed by atoms with Crippen molar-refractivity contribution in [1.82, 2.24) is 9.55 Å². The monoisotopic (exact) mass is 268 g/mol. The van der Waals surface area contributed by atoms with Crippen molar-refractivity contribution in [2.45, 2.75) is 19.1 Å². The van der Waals surface area contributed by atoms with Gasteiger partial charge in [0.15, 0.2) is 0 Å². The summed E-state index contributed by atoms with van der Waals surface area (Å²) in [6.45, 7) is 0.474. The second-order valence-corrected chi connectivity index (χ2v) is 4.04. The van der Waals surface area contributed by atoms with E-state index in [1.54, 1.807) is 16.8 Å². The molecule has 0 saturated carbocycles. The lowest BCUT2D eigenvalue weighted by Gasteiger charge is -2.03. The van der Waals surface area contributed by atoms with Gasteiger partial charge in [0.25, 0.3) is 5.78 Å². The number of hydrogen-bond donors (Lipinski definition) is 0. The van der Waals surface area contributed by atoms with Crippen LogP contribution < -0.4 is 0 Å². The molecule has 0 aliphatic rings. The number of alkyl halides is 3. The Morgan fingerprint density at radius 2 is 2.05 bits per heavy atom. The Hall–Kier alpha value is -2.11. The lowest BCUT2D eigenvalue weighted by Crippen LogP contribution is -2.22. The second kappa shape index (κ2) is 5.26. The van der Waals surface area contributed by atoms with Crippen molar-refractivity contribution in [2.24, 2.45) is 0 Å². The summed E-state index contributed by atoms with van der Waals surface area (Å²) in [6, 6.07) is 6.65. The van der Waals surface area contributed by atoms with Crippen LogP contribution in [0.2, 0.25) is 0 Å². The highest BCUT2D eigenvalue weighted by atomic mass is 19.4. The van der Waals surface area contributed by atoms with Crippen molar-refractivity contribution in [3.63, 3.8) is 0 Å². The molecule has 2 aromatic rings. The third kappa shape index (κ3) is 3.43. The topological polar surface area (TPSA) is 34.9 Å². The summed E-state index contributed by atoms with van der Waals surface area (Å²) in [5.74, 6) is -1.82. The number of carbonyl (C=O) groups is 1. The first-order valence-corrected chi connectivity index (χ1v) is 5.64. The first-order valence-electron chi connectivity index (χ1n) is 5.64. The van der Waals surface area contributed by atoms with E-state index in [1.807, 2.05) is 12.1 Å². The van der Waals surface area contributed by atoms with Gasteiger partial charge in [-0.3, -0.25) is 9.78 Å². The van der Waals surface area contributed by atoms with Crippen LogP contribution in [0.4, 0.5) is 13.2 Å². The molecule has 2 rings (SSSR count). The Balaban J connectivity index is 2.00. The minimum absolute atomic E-state index is 0.339. The zero-order valence-electron chi connectivity index (χ0n) is 9.89. The van der Waals surface area contributed by atoms with Crippen molar-refractivity contribution in [3.05, 3.63) is 54.1 Å². The predicted octanol–water partition coefficient (Wildman–Crippen LogP) is 2.87. The number of aromatic nitrogens is 2. The van der Waals surface area contributed by atoms with Crippen molar-refractivity contribution in [3.8, 4) is 0 Å². The van der Waals surface area contributed by atoms with Gasteiger partial charge in [0.05, 0.1) is 0 Å². The molecule has 0 bridgehead atoms. The van der Waals surface area contributed by atoms with Gasteiger partial charge in [0, 0.05) is 42.8 Å². The first-order chi connectivity index (χ1) is 8.97. The van der Waals surface area contributed by atoms with E-state index in [2.05, 4.69) is 4.98 Å². The van der Waals surface area contributed by atoms with E-state index in [1.165, 1.54) is 18.5 Å². The second-order valence-electron chi connectivity index (χ2n) is 4.04. The van der Waals surface area contributed by atoms with Gasteiger partial charge in [-0.15, -0.1) is 0 Å². The van der Waals surface area contributed by atoms with E-state index in [-0.39, 0.29) is 5.56 Å². The van der Waals surface area contributed by atoms with Crippen LogP contribution in [0.3, 0.4) is 0 Å². The van der Waals surface area contributed by atoms with Gasteiger partial charge >= 0.3 is 6.18 Å². The van der Waals surface area contributed by atoms with E-state index < -0.39 is 12.0 Å². The smallest absolute Gasteiger partial charge is 0.353 e. The summed E-state index contributed by atoms with van der Waals surface area (Å²) in [6.07, 6.45) is 0.0899. The molecule has 0 aromatic carbocycles. The minimum atomic E-state index is -4.83. The molecule has 0 fully saturated rings. The van der Waals surface area contributed by atoms with E-state index >= 15 is 0 Å². The molecular formula is C13H11F3N2O. The van der Waals surface area contributed by atoms with E-state index in [0.717, 1.165) is 5.69 Å². The summed E-state index contributed by atoms with van der Waals surface area (Å²) in [7, 11) is 0. The highest BCUT2D eigenvalue weighted by Crippen LogP contribution is 2.21. The molecule has 19 heavy (non-hydrogen) atoms. The van der Waals surface area contributed by atoms with Gasteiger partial charge in [0.1, 0.15) is 0 Å². The van der Waals surface area contributed by atoms with Crippen molar-refractivity contribution >= 4 is 5.78 Å². The van der Waals surface area contributed by atoms with Gasteiger partial charge in [-0.1, -0.05) is 6.07 Å². The number of nitrogens with zero attached hydrogens (tertiary/aromatic N) is 2. The number of pyridine rings is 1. The van der Waals surface area contributed by atoms with Gasteiger partial charge < -0.3 is 4.57 Å². The fraction of sp³-hybridized carbons (Fsp3) is 0.231. The molecule has 6 heteroatoms. The molecule has 100 valence electrons. The largest absolute Gasteiger partial charge is 0.454 e. The van der Waals surface area contributed by atoms with Gasteiger partial charge in [-0.05, 0) is 18.2 Å². The summed E-state index contributed by atoms with van der Waals surface area (Å²) < 4.78 is 38.2. The normalized spacial score (nSPS) is 11.5. The molecule has 0 unspecified atom stereocenters. The Bertz CT molecular complexity index is 561. The Morgan fingerprint density at radius 3 is 2.68 bits per heavy atom. The summed E-state index contributed by atoms with van der Waals surface area (Å²) in [4.78, 5) is 15.1. The predicted molar refractivity (Wildman–Crippen MR) is 62.8 cm³/mol. The molecule has 0 aliphatic carbocycles. The molecule has 0 spiro atoms. The number of hydrogen-bond acceptors (Lipinski definition) is 2.